The summed E-state index contributed by atoms with van der Waals surface area (Å²) in [4.78, 5) is 4.62. The van der Waals surface area contributed by atoms with Gasteiger partial charge >= 0.3 is 0 Å². The molecule has 2 aromatic rings. The molecule has 5 heteroatoms. The summed E-state index contributed by atoms with van der Waals surface area (Å²) < 4.78 is 2.31. The van der Waals surface area contributed by atoms with E-state index in [0.717, 1.165) is 42.9 Å². The van der Waals surface area contributed by atoms with Crippen molar-refractivity contribution in [2.45, 2.75) is 70.4 Å². The fourth-order valence-corrected chi connectivity index (χ4v) is 6.55. The Hall–Kier alpha value is -1.62. The number of aliphatic hydroxyl groups is 1. The van der Waals surface area contributed by atoms with Crippen LogP contribution in [0, 0.1) is 17.3 Å². The monoisotopic (exact) mass is 340 g/mol. The van der Waals surface area contributed by atoms with E-state index in [0.29, 0.717) is 17.9 Å². The zero-order valence-corrected chi connectivity index (χ0v) is 15.2. The Morgan fingerprint density at radius 3 is 2.72 bits per heavy atom. The highest BCUT2D eigenvalue weighted by Crippen LogP contribution is 2.65. The quantitative estimate of drug-likeness (QED) is 0.891. The molecule has 2 heterocycles. The van der Waals surface area contributed by atoms with E-state index < -0.39 is 5.60 Å². The van der Waals surface area contributed by atoms with Crippen molar-refractivity contribution in [1.29, 1.82) is 0 Å². The first kappa shape index (κ1) is 15.6. The lowest BCUT2D eigenvalue weighted by Gasteiger charge is -2.62. The van der Waals surface area contributed by atoms with Crippen LogP contribution in [0.2, 0.25) is 0 Å². The first-order chi connectivity index (χ1) is 12.0. The number of nitrogens with one attached hydrogen (secondary N) is 1. The van der Waals surface area contributed by atoms with Gasteiger partial charge in [-0.05, 0) is 75.2 Å². The van der Waals surface area contributed by atoms with E-state index in [1.165, 1.54) is 19.3 Å². The molecule has 4 aliphatic carbocycles. The molecule has 0 amide bonds. The van der Waals surface area contributed by atoms with Crippen LogP contribution in [0.3, 0.4) is 0 Å². The Morgan fingerprint density at radius 1 is 1.32 bits per heavy atom. The van der Waals surface area contributed by atoms with Crippen LogP contribution < -0.4 is 0 Å². The van der Waals surface area contributed by atoms with Gasteiger partial charge in [0.05, 0.1) is 5.60 Å². The van der Waals surface area contributed by atoms with Gasteiger partial charge < -0.3 is 9.67 Å². The van der Waals surface area contributed by atoms with Crippen LogP contribution in [-0.4, -0.2) is 30.5 Å². The number of rotatable bonds is 4. The van der Waals surface area contributed by atoms with Crippen molar-refractivity contribution >= 4 is 0 Å². The molecule has 6 rings (SSSR count). The van der Waals surface area contributed by atoms with Gasteiger partial charge in [0.25, 0.3) is 0 Å². The SMILES string of the molecule is CCc1cc(-c2nccn2C(C)C23CC4CC(CC(O)(C4)C2)C3)n[nH]1. The van der Waals surface area contributed by atoms with Gasteiger partial charge in [0.2, 0.25) is 0 Å². The van der Waals surface area contributed by atoms with E-state index in [1.54, 1.807) is 0 Å². The lowest BCUT2D eigenvalue weighted by atomic mass is 9.46. The average molecular weight is 340 g/mol. The van der Waals surface area contributed by atoms with Gasteiger partial charge in [-0.3, -0.25) is 5.10 Å². The average Bonchev–Trinajstić information content (AvgIpc) is 3.20. The van der Waals surface area contributed by atoms with Crippen molar-refractivity contribution in [2.24, 2.45) is 17.3 Å². The number of H-pyrrole nitrogens is 1. The van der Waals surface area contributed by atoms with Crippen LogP contribution in [0.4, 0.5) is 0 Å². The third-order valence-corrected chi connectivity index (χ3v) is 7.29. The van der Waals surface area contributed by atoms with Gasteiger partial charge in [-0.25, -0.2) is 4.98 Å². The Kier molecular flexibility index (Phi) is 3.25. The van der Waals surface area contributed by atoms with E-state index in [1.807, 2.05) is 6.20 Å². The minimum atomic E-state index is -0.416. The third-order valence-electron chi connectivity index (χ3n) is 7.29. The summed E-state index contributed by atoms with van der Waals surface area (Å²) in [6, 6.07) is 2.45. The maximum atomic E-state index is 11.1. The molecule has 3 atom stereocenters. The number of imidazole rings is 1. The van der Waals surface area contributed by atoms with Gasteiger partial charge in [0.15, 0.2) is 5.82 Å². The van der Waals surface area contributed by atoms with Crippen molar-refractivity contribution in [2.75, 3.05) is 0 Å². The number of hydrogen-bond acceptors (Lipinski definition) is 3. The van der Waals surface area contributed by atoms with E-state index in [4.69, 9.17) is 0 Å². The Balaban J connectivity index is 1.51. The van der Waals surface area contributed by atoms with E-state index in [2.05, 4.69) is 45.9 Å². The summed E-state index contributed by atoms with van der Waals surface area (Å²) in [5.41, 5.74) is 1.86. The highest BCUT2D eigenvalue weighted by molar-refractivity contribution is 5.50. The maximum Gasteiger partial charge on any atom is 0.160 e. The first-order valence-corrected chi connectivity index (χ1v) is 9.80. The minimum Gasteiger partial charge on any atom is -0.390 e. The molecule has 134 valence electrons. The van der Waals surface area contributed by atoms with Crippen molar-refractivity contribution in [1.82, 2.24) is 19.7 Å². The summed E-state index contributed by atoms with van der Waals surface area (Å²) in [6.45, 7) is 4.46. The molecule has 4 bridgehead atoms. The van der Waals surface area contributed by atoms with Crippen molar-refractivity contribution in [3.05, 3.63) is 24.2 Å². The van der Waals surface area contributed by atoms with Crippen LogP contribution in [-0.2, 0) is 6.42 Å². The third kappa shape index (κ3) is 2.31. The predicted molar refractivity (Wildman–Crippen MR) is 96.0 cm³/mol. The molecule has 3 unspecified atom stereocenters. The van der Waals surface area contributed by atoms with Crippen LogP contribution in [0.1, 0.15) is 64.1 Å². The molecule has 4 aliphatic rings. The highest BCUT2D eigenvalue weighted by atomic mass is 16.3. The van der Waals surface area contributed by atoms with Gasteiger partial charge in [-0.2, -0.15) is 5.10 Å². The Bertz CT molecular complexity index is 777. The predicted octanol–water partition coefficient (Wildman–Crippen LogP) is 3.73. The number of aryl methyl sites for hydroxylation is 1. The smallest absolute Gasteiger partial charge is 0.160 e. The Labute approximate surface area is 148 Å². The second-order valence-corrected chi connectivity index (χ2v) is 9.01. The largest absolute Gasteiger partial charge is 0.390 e. The van der Waals surface area contributed by atoms with E-state index in [-0.39, 0.29) is 5.41 Å². The molecule has 4 fully saturated rings. The fourth-order valence-electron chi connectivity index (χ4n) is 6.55. The Morgan fingerprint density at radius 2 is 2.08 bits per heavy atom. The zero-order chi connectivity index (χ0) is 17.2. The fraction of sp³-hybridized carbons (Fsp3) is 0.700. The molecule has 0 aromatic carbocycles. The van der Waals surface area contributed by atoms with Crippen molar-refractivity contribution in [3.8, 4) is 11.5 Å². The second kappa shape index (κ2) is 5.19. The van der Waals surface area contributed by atoms with Gasteiger partial charge in [0, 0.05) is 24.1 Å². The first-order valence-electron chi connectivity index (χ1n) is 9.80. The number of aromatic amines is 1. The summed E-state index contributed by atoms with van der Waals surface area (Å²) in [5.74, 6) is 2.36. The zero-order valence-electron chi connectivity index (χ0n) is 15.2. The molecule has 25 heavy (non-hydrogen) atoms. The number of hydrogen-bond donors (Lipinski definition) is 2. The molecule has 5 nitrogen and oxygen atoms in total. The molecule has 0 aliphatic heterocycles. The standard InChI is InChI=1S/C20H28N4O/c1-3-16-7-17(23-22-16)18-21-4-5-24(18)13(2)19-8-14-6-15(9-19)11-20(25,10-14)12-19/h4-5,7,13-15,25H,3,6,8-12H2,1-2H3,(H,22,23). The maximum absolute atomic E-state index is 11.1. The highest BCUT2D eigenvalue weighted by Gasteiger charge is 2.59. The summed E-state index contributed by atoms with van der Waals surface area (Å²) in [7, 11) is 0. The molecule has 2 aromatic heterocycles. The van der Waals surface area contributed by atoms with Gasteiger partial charge in [-0.15, -0.1) is 0 Å². The van der Waals surface area contributed by atoms with E-state index >= 15 is 0 Å². The van der Waals surface area contributed by atoms with Gasteiger partial charge in [0.1, 0.15) is 5.69 Å². The summed E-state index contributed by atoms with van der Waals surface area (Å²) in [5, 5.41) is 18.7. The van der Waals surface area contributed by atoms with Crippen LogP contribution in [0.5, 0.6) is 0 Å². The summed E-state index contributed by atoms with van der Waals surface area (Å²) in [6.07, 6.45) is 11.8. The molecule has 0 radical (unpaired) electrons. The molecule has 0 spiro atoms. The second-order valence-electron chi connectivity index (χ2n) is 9.01. The molecule has 2 N–H and O–H groups in total. The van der Waals surface area contributed by atoms with Crippen LogP contribution in [0.15, 0.2) is 18.5 Å². The van der Waals surface area contributed by atoms with Crippen LogP contribution >= 0.6 is 0 Å². The molecular weight excluding hydrogens is 312 g/mol. The van der Waals surface area contributed by atoms with E-state index in [9.17, 15) is 5.11 Å². The molecule has 0 saturated heterocycles. The van der Waals surface area contributed by atoms with Crippen molar-refractivity contribution < 1.29 is 5.11 Å². The normalized spacial score (nSPS) is 37.6. The topological polar surface area (TPSA) is 66.7 Å². The minimum absolute atomic E-state index is 0.207. The lowest BCUT2D eigenvalue weighted by molar-refractivity contribution is -0.176. The molecular formula is C20H28N4O. The summed E-state index contributed by atoms with van der Waals surface area (Å²) >= 11 is 0. The lowest BCUT2D eigenvalue weighted by Crippen LogP contribution is -2.57. The number of nitrogens with zero attached hydrogens (tertiary/aromatic N) is 3. The molecule has 4 saturated carbocycles. The van der Waals surface area contributed by atoms with Gasteiger partial charge in [-0.1, -0.05) is 6.92 Å². The van der Waals surface area contributed by atoms with Crippen LogP contribution in [0.25, 0.3) is 11.5 Å². The number of aromatic nitrogens is 4. The van der Waals surface area contributed by atoms with Crippen molar-refractivity contribution in [3.63, 3.8) is 0 Å².